The first-order chi connectivity index (χ1) is 12.5. The number of amides is 1. The number of nitrogens with two attached hydrogens (primary N) is 1. The number of carbonyl (C=O) groups is 1. The molecule has 2 aromatic rings. The second-order valence-corrected chi connectivity index (χ2v) is 7.20. The first kappa shape index (κ1) is 18.5. The van der Waals surface area contributed by atoms with Crippen LogP contribution in [0.4, 0.5) is 4.39 Å². The van der Waals surface area contributed by atoms with Gasteiger partial charge >= 0.3 is 0 Å². The van der Waals surface area contributed by atoms with Crippen molar-refractivity contribution in [2.45, 2.75) is 51.5 Å². The molecule has 3 N–H and O–H groups in total. The molecule has 26 heavy (non-hydrogen) atoms. The van der Waals surface area contributed by atoms with E-state index in [4.69, 9.17) is 10.3 Å². The molecule has 1 unspecified atom stereocenters. The van der Waals surface area contributed by atoms with Crippen molar-refractivity contribution in [3.8, 4) is 11.4 Å². The van der Waals surface area contributed by atoms with Gasteiger partial charge in [-0.25, -0.2) is 4.39 Å². The standard InChI is InChI=1S/C19H25FN4O2/c1-13(22-16(25)11-19(12-21)8-3-2-4-9-19)18-23-17(24-26-18)14-6-5-7-15(20)10-14/h5-7,10,13H,2-4,8-9,11-12,21H2,1H3,(H,22,25). The predicted octanol–water partition coefficient (Wildman–Crippen LogP) is 3.35. The van der Waals surface area contributed by atoms with Crippen molar-refractivity contribution in [2.75, 3.05) is 6.54 Å². The molecular weight excluding hydrogens is 335 g/mol. The Balaban J connectivity index is 1.63. The van der Waals surface area contributed by atoms with Crippen LogP contribution in [-0.4, -0.2) is 22.6 Å². The Hall–Kier alpha value is -2.28. The van der Waals surface area contributed by atoms with Crippen LogP contribution < -0.4 is 11.1 Å². The summed E-state index contributed by atoms with van der Waals surface area (Å²) in [6.07, 6.45) is 5.87. The number of nitrogens with zero attached hydrogens (tertiary/aromatic N) is 2. The van der Waals surface area contributed by atoms with Crippen molar-refractivity contribution >= 4 is 5.91 Å². The third kappa shape index (κ3) is 4.27. The Bertz CT molecular complexity index is 756. The minimum Gasteiger partial charge on any atom is -0.345 e. The van der Waals surface area contributed by atoms with Crippen LogP contribution in [0.3, 0.4) is 0 Å². The largest absolute Gasteiger partial charge is 0.345 e. The molecule has 1 heterocycles. The van der Waals surface area contributed by atoms with Crippen molar-refractivity contribution < 1.29 is 13.7 Å². The number of carbonyl (C=O) groups excluding carboxylic acids is 1. The van der Waals surface area contributed by atoms with Gasteiger partial charge in [0.25, 0.3) is 0 Å². The van der Waals surface area contributed by atoms with Gasteiger partial charge in [-0.15, -0.1) is 0 Å². The second kappa shape index (κ2) is 7.95. The average molecular weight is 360 g/mol. The molecular formula is C19H25FN4O2. The molecule has 1 aliphatic carbocycles. The molecule has 1 aliphatic rings. The summed E-state index contributed by atoms with van der Waals surface area (Å²) in [5.74, 6) is 0.166. The van der Waals surface area contributed by atoms with Crippen LogP contribution in [0.1, 0.15) is 57.4 Å². The van der Waals surface area contributed by atoms with Crippen LogP contribution in [0, 0.1) is 11.2 Å². The zero-order valence-corrected chi connectivity index (χ0v) is 15.0. The Kier molecular flexibility index (Phi) is 5.66. The van der Waals surface area contributed by atoms with E-state index in [0.29, 0.717) is 30.2 Å². The van der Waals surface area contributed by atoms with Gasteiger partial charge in [-0.3, -0.25) is 4.79 Å². The summed E-state index contributed by atoms with van der Waals surface area (Å²) in [5.41, 5.74) is 6.39. The predicted molar refractivity (Wildman–Crippen MR) is 95.4 cm³/mol. The molecule has 1 aromatic carbocycles. The molecule has 0 bridgehead atoms. The summed E-state index contributed by atoms with van der Waals surface area (Å²) in [4.78, 5) is 16.7. The molecule has 6 nitrogen and oxygen atoms in total. The van der Waals surface area contributed by atoms with E-state index in [-0.39, 0.29) is 17.1 Å². The smallest absolute Gasteiger partial charge is 0.249 e. The van der Waals surface area contributed by atoms with Crippen molar-refractivity contribution in [1.29, 1.82) is 0 Å². The van der Waals surface area contributed by atoms with E-state index >= 15 is 0 Å². The van der Waals surface area contributed by atoms with E-state index in [1.54, 1.807) is 19.1 Å². The van der Waals surface area contributed by atoms with Crippen LogP contribution in [0.2, 0.25) is 0 Å². The number of nitrogens with one attached hydrogen (secondary N) is 1. The summed E-state index contributed by atoms with van der Waals surface area (Å²) < 4.78 is 18.6. The number of benzene rings is 1. The molecule has 1 atom stereocenters. The topological polar surface area (TPSA) is 94.0 Å². The van der Waals surface area contributed by atoms with E-state index in [9.17, 15) is 9.18 Å². The van der Waals surface area contributed by atoms with Gasteiger partial charge in [0, 0.05) is 12.0 Å². The van der Waals surface area contributed by atoms with E-state index in [2.05, 4.69) is 15.5 Å². The van der Waals surface area contributed by atoms with Gasteiger partial charge < -0.3 is 15.6 Å². The van der Waals surface area contributed by atoms with Gasteiger partial charge in [0.2, 0.25) is 17.6 Å². The van der Waals surface area contributed by atoms with E-state index in [1.807, 2.05) is 0 Å². The van der Waals surface area contributed by atoms with Crippen LogP contribution in [-0.2, 0) is 4.79 Å². The van der Waals surface area contributed by atoms with Crippen molar-refractivity contribution in [2.24, 2.45) is 11.1 Å². The van der Waals surface area contributed by atoms with Gasteiger partial charge in [0.15, 0.2) is 0 Å². The summed E-state index contributed by atoms with van der Waals surface area (Å²) in [7, 11) is 0. The highest BCUT2D eigenvalue weighted by atomic mass is 19.1. The van der Waals surface area contributed by atoms with Gasteiger partial charge in [-0.05, 0) is 43.9 Å². The zero-order chi connectivity index (χ0) is 18.6. The monoisotopic (exact) mass is 360 g/mol. The maximum atomic E-state index is 13.3. The molecule has 0 saturated heterocycles. The first-order valence-electron chi connectivity index (χ1n) is 9.10. The fraction of sp³-hybridized carbons (Fsp3) is 0.526. The quantitative estimate of drug-likeness (QED) is 0.824. The normalized spacial score (nSPS) is 17.7. The number of hydrogen-bond acceptors (Lipinski definition) is 5. The Morgan fingerprint density at radius 1 is 1.38 bits per heavy atom. The van der Waals surface area contributed by atoms with Crippen LogP contribution in [0.15, 0.2) is 28.8 Å². The zero-order valence-electron chi connectivity index (χ0n) is 15.0. The van der Waals surface area contributed by atoms with Crippen LogP contribution >= 0.6 is 0 Å². The number of rotatable bonds is 6. The average Bonchev–Trinajstić information content (AvgIpc) is 3.13. The highest BCUT2D eigenvalue weighted by Gasteiger charge is 2.33. The Morgan fingerprint density at radius 3 is 2.85 bits per heavy atom. The van der Waals surface area contributed by atoms with Crippen LogP contribution in [0.5, 0.6) is 0 Å². The van der Waals surface area contributed by atoms with Gasteiger partial charge in [0.05, 0.1) is 0 Å². The highest BCUT2D eigenvalue weighted by molar-refractivity contribution is 5.77. The van der Waals surface area contributed by atoms with Crippen molar-refractivity contribution in [3.05, 3.63) is 36.0 Å². The van der Waals surface area contributed by atoms with E-state index < -0.39 is 6.04 Å². The third-order valence-corrected chi connectivity index (χ3v) is 5.16. The number of aromatic nitrogens is 2. The third-order valence-electron chi connectivity index (χ3n) is 5.16. The molecule has 0 aliphatic heterocycles. The summed E-state index contributed by atoms with van der Waals surface area (Å²) in [6, 6.07) is 5.56. The molecule has 0 radical (unpaired) electrons. The molecule has 140 valence electrons. The molecule has 3 rings (SSSR count). The van der Waals surface area contributed by atoms with Gasteiger partial charge in [-0.1, -0.05) is 36.6 Å². The molecule has 1 saturated carbocycles. The highest BCUT2D eigenvalue weighted by Crippen LogP contribution is 2.38. The molecule has 1 amide bonds. The Labute approximate surface area is 152 Å². The number of hydrogen-bond donors (Lipinski definition) is 2. The second-order valence-electron chi connectivity index (χ2n) is 7.20. The van der Waals surface area contributed by atoms with Crippen LogP contribution in [0.25, 0.3) is 11.4 Å². The van der Waals surface area contributed by atoms with Crippen molar-refractivity contribution in [3.63, 3.8) is 0 Å². The van der Waals surface area contributed by atoms with Crippen molar-refractivity contribution in [1.82, 2.24) is 15.5 Å². The lowest BCUT2D eigenvalue weighted by Crippen LogP contribution is -2.39. The molecule has 0 spiro atoms. The van der Waals surface area contributed by atoms with Gasteiger partial charge in [-0.2, -0.15) is 4.98 Å². The summed E-state index contributed by atoms with van der Waals surface area (Å²) in [6.45, 7) is 2.32. The van der Waals surface area contributed by atoms with E-state index in [0.717, 1.165) is 25.7 Å². The van der Waals surface area contributed by atoms with Gasteiger partial charge in [0.1, 0.15) is 11.9 Å². The number of halogens is 1. The minimum absolute atomic E-state index is 0.0599. The van der Waals surface area contributed by atoms with E-state index in [1.165, 1.54) is 18.6 Å². The fourth-order valence-corrected chi connectivity index (χ4v) is 3.61. The molecule has 7 heteroatoms. The lowest BCUT2D eigenvalue weighted by molar-refractivity contribution is -0.124. The fourth-order valence-electron chi connectivity index (χ4n) is 3.61. The maximum absolute atomic E-state index is 13.3. The summed E-state index contributed by atoms with van der Waals surface area (Å²) >= 11 is 0. The SMILES string of the molecule is CC(NC(=O)CC1(CN)CCCCC1)c1nc(-c2cccc(F)c2)no1. The maximum Gasteiger partial charge on any atom is 0.249 e. The first-order valence-corrected chi connectivity index (χ1v) is 9.10. The molecule has 1 aromatic heterocycles. The molecule has 1 fully saturated rings. The summed E-state index contributed by atoms with van der Waals surface area (Å²) in [5, 5.41) is 6.79. The lowest BCUT2D eigenvalue weighted by atomic mass is 9.71. The Morgan fingerprint density at radius 2 is 2.15 bits per heavy atom. The lowest BCUT2D eigenvalue weighted by Gasteiger charge is -2.35. The minimum atomic E-state index is -0.421.